The summed E-state index contributed by atoms with van der Waals surface area (Å²) in [6, 6.07) is 9.87. The topological polar surface area (TPSA) is 85.0 Å². The van der Waals surface area contributed by atoms with Crippen molar-refractivity contribution >= 4 is 11.8 Å². The van der Waals surface area contributed by atoms with Gasteiger partial charge in [0.25, 0.3) is 11.8 Å². The number of hydrogen-bond donors (Lipinski definition) is 0. The fraction of sp³-hybridized carbons (Fsp3) is 0. The van der Waals surface area contributed by atoms with E-state index in [1.807, 2.05) is 0 Å². The van der Waals surface area contributed by atoms with E-state index in [9.17, 15) is 9.59 Å². The highest BCUT2D eigenvalue weighted by atomic mass is 16.2. The van der Waals surface area contributed by atoms with Crippen LogP contribution in [0.4, 0.5) is 0 Å². The first kappa shape index (κ1) is 12.3. The minimum Gasteiger partial charge on any atom is -0.268 e. The van der Waals surface area contributed by atoms with Crippen molar-refractivity contribution in [1.29, 1.82) is 10.5 Å². The van der Waals surface area contributed by atoms with E-state index in [4.69, 9.17) is 10.5 Å². The fourth-order valence-electron chi connectivity index (χ4n) is 1.67. The Labute approximate surface area is 109 Å². The Morgan fingerprint density at radius 3 is 2.05 bits per heavy atom. The minimum absolute atomic E-state index is 0.104. The number of benzene rings is 1. The molecule has 5 nitrogen and oxygen atoms in total. The number of carbonyl (C=O) groups excluding carboxylic acids is 2. The predicted octanol–water partition coefficient (Wildman–Crippen LogP) is 1.77. The summed E-state index contributed by atoms with van der Waals surface area (Å²) in [6.07, 6.45) is 3.81. The van der Waals surface area contributed by atoms with Gasteiger partial charge in [-0.3, -0.25) is 9.59 Å². The van der Waals surface area contributed by atoms with Gasteiger partial charge in [-0.15, -0.1) is 0 Å². The van der Waals surface area contributed by atoms with Crippen LogP contribution in [-0.4, -0.2) is 16.7 Å². The fourth-order valence-corrected chi connectivity index (χ4v) is 1.67. The molecule has 5 heteroatoms. The maximum Gasteiger partial charge on any atom is 0.265 e. The molecule has 90 valence electrons. The van der Waals surface area contributed by atoms with Crippen LogP contribution in [0.3, 0.4) is 0 Å². The van der Waals surface area contributed by atoms with Crippen molar-refractivity contribution < 1.29 is 9.59 Å². The summed E-state index contributed by atoms with van der Waals surface area (Å²) < 4.78 is 0. The first-order valence-electron chi connectivity index (χ1n) is 5.34. The van der Waals surface area contributed by atoms with E-state index >= 15 is 0 Å². The van der Waals surface area contributed by atoms with Crippen molar-refractivity contribution in [1.82, 2.24) is 4.90 Å². The Balaban J connectivity index is 2.27. The van der Waals surface area contributed by atoms with Crippen molar-refractivity contribution in [2.75, 3.05) is 0 Å². The van der Waals surface area contributed by atoms with Gasteiger partial charge in [0.1, 0.15) is 17.7 Å². The largest absolute Gasteiger partial charge is 0.268 e. The van der Waals surface area contributed by atoms with Crippen molar-refractivity contribution in [3.05, 3.63) is 59.3 Å². The van der Waals surface area contributed by atoms with Crippen LogP contribution in [0.1, 0.15) is 20.7 Å². The van der Waals surface area contributed by atoms with Gasteiger partial charge in [0.2, 0.25) is 0 Å². The molecule has 0 bridgehead atoms. The van der Waals surface area contributed by atoms with Gasteiger partial charge in [-0.1, -0.05) is 12.1 Å². The zero-order valence-corrected chi connectivity index (χ0v) is 9.70. The first-order chi connectivity index (χ1) is 9.19. The smallest absolute Gasteiger partial charge is 0.265 e. The zero-order valence-electron chi connectivity index (χ0n) is 9.70. The van der Waals surface area contributed by atoms with E-state index in [1.165, 1.54) is 18.4 Å². The molecular weight excluding hydrogens is 242 g/mol. The molecule has 0 spiro atoms. The van der Waals surface area contributed by atoms with Crippen LogP contribution in [-0.2, 0) is 0 Å². The Morgan fingerprint density at radius 1 is 1.05 bits per heavy atom. The number of imide groups is 1. The van der Waals surface area contributed by atoms with Crippen LogP contribution in [0.25, 0.3) is 0 Å². The first-order valence-corrected chi connectivity index (χ1v) is 5.34. The summed E-state index contributed by atoms with van der Waals surface area (Å²) in [4.78, 5) is 24.8. The maximum atomic E-state index is 11.9. The molecule has 1 aliphatic heterocycles. The standard InChI is InChI=1S/C14H7N3O2/c15-8-10(9-16)4-3-7-17-13(18)11-5-1-2-6-12(11)14(17)19/h1-7H/b7-3+. The summed E-state index contributed by atoms with van der Waals surface area (Å²) in [7, 11) is 0. The number of fused-ring (bicyclic) bond motifs is 1. The van der Waals surface area contributed by atoms with Gasteiger partial charge in [0.05, 0.1) is 11.1 Å². The summed E-state index contributed by atoms with van der Waals surface area (Å²) >= 11 is 0. The van der Waals surface area contributed by atoms with E-state index in [0.717, 1.165) is 4.90 Å². The normalized spacial score (nSPS) is 13.1. The molecule has 19 heavy (non-hydrogen) atoms. The molecule has 1 heterocycles. The number of nitriles is 2. The monoisotopic (exact) mass is 249 g/mol. The van der Waals surface area contributed by atoms with Crippen molar-refractivity contribution in [3.8, 4) is 12.1 Å². The molecule has 0 saturated carbocycles. The second kappa shape index (κ2) is 4.99. The molecule has 0 radical (unpaired) electrons. The lowest BCUT2D eigenvalue weighted by atomic mass is 10.1. The van der Waals surface area contributed by atoms with Crippen LogP contribution in [0.15, 0.2) is 48.2 Å². The zero-order chi connectivity index (χ0) is 13.8. The molecule has 0 unspecified atom stereocenters. The second-order valence-corrected chi connectivity index (χ2v) is 3.67. The van der Waals surface area contributed by atoms with E-state index in [0.29, 0.717) is 11.1 Å². The van der Waals surface area contributed by atoms with Crippen LogP contribution >= 0.6 is 0 Å². The minimum atomic E-state index is -0.416. The molecule has 1 aromatic rings. The molecule has 1 aromatic carbocycles. The Bertz CT molecular complexity index is 651. The molecule has 2 amide bonds. The predicted molar refractivity (Wildman–Crippen MR) is 65.4 cm³/mol. The number of rotatable bonds is 2. The molecule has 0 aliphatic carbocycles. The molecule has 0 saturated heterocycles. The van der Waals surface area contributed by atoms with Gasteiger partial charge in [0.15, 0.2) is 0 Å². The number of hydrogen-bond acceptors (Lipinski definition) is 4. The molecule has 1 aliphatic rings. The van der Waals surface area contributed by atoms with Gasteiger partial charge in [-0.05, 0) is 24.3 Å². The Hall–Kier alpha value is -3.18. The lowest BCUT2D eigenvalue weighted by Gasteiger charge is -2.05. The highest BCUT2D eigenvalue weighted by molar-refractivity contribution is 6.22. The van der Waals surface area contributed by atoms with E-state index in [-0.39, 0.29) is 5.57 Å². The van der Waals surface area contributed by atoms with Crippen molar-refractivity contribution in [2.24, 2.45) is 0 Å². The number of carbonyl (C=O) groups is 2. The number of nitrogens with zero attached hydrogens (tertiary/aromatic N) is 3. The Morgan fingerprint density at radius 2 is 1.58 bits per heavy atom. The van der Waals surface area contributed by atoms with E-state index < -0.39 is 11.8 Å². The highest BCUT2D eigenvalue weighted by Gasteiger charge is 2.33. The van der Waals surface area contributed by atoms with Crippen LogP contribution in [0, 0.1) is 22.7 Å². The lowest BCUT2D eigenvalue weighted by Crippen LogP contribution is -2.23. The van der Waals surface area contributed by atoms with Crippen LogP contribution in [0.5, 0.6) is 0 Å². The average Bonchev–Trinajstić information content (AvgIpc) is 2.69. The Kier molecular flexibility index (Phi) is 3.22. The van der Waals surface area contributed by atoms with Crippen LogP contribution < -0.4 is 0 Å². The second-order valence-electron chi connectivity index (χ2n) is 3.67. The third kappa shape index (κ3) is 2.13. The van der Waals surface area contributed by atoms with Gasteiger partial charge in [-0.2, -0.15) is 10.5 Å². The van der Waals surface area contributed by atoms with Gasteiger partial charge < -0.3 is 0 Å². The van der Waals surface area contributed by atoms with Gasteiger partial charge in [-0.25, -0.2) is 4.90 Å². The number of allylic oxidation sites excluding steroid dienone is 3. The summed E-state index contributed by atoms with van der Waals surface area (Å²) in [5.41, 5.74) is 0.594. The SMILES string of the molecule is N#CC(C#N)=C/C=C/N1C(=O)c2ccccc2C1=O. The third-order valence-corrected chi connectivity index (χ3v) is 2.56. The number of amides is 2. The molecule has 2 rings (SSSR count). The van der Waals surface area contributed by atoms with E-state index in [2.05, 4.69) is 0 Å². The molecule has 0 fully saturated rings. The summed E-state index contributed by atoms with van der Waals surface area (Å²) in [5.74, 6) is -0.832. The molecule has 0 N–H and O–H groups in total. The summed E-state index contributed by atoms with van der Waals surface area (Å²) in [6.45, 7) is 0. The van der Waals surface area contributed by atoms with Crippen molar-refractivity contribution in [3.63, 3.8) is 0 Å². The van der Waals surface area contributed by atoms with Crippen molar-refractivity contribution in [2.45, 2.75) is 0 Å². The lowest BCUT2D eigenvalue weighted by molar-refractivity contribution is 0.0721. The highest BCUT2D eigenvalue weighted by Crippen LogP contribution is 2.22. The van der Waals surface area contributed by atoms with E-state index in [1.54, 1.807) is 36.4 Å². The molecule has 0 aromatic heterocycles. The molecular formula is C14H7N3O2. The maximum absolute atomic E-state index is 11.9. The van der Waals surface area contributed by atoms with Crippen LogP contribution in [0.2, 0.25) is 0 Å². The third-order valence-electron chi connectivity index (χ3n) is 2.56. The molecule has 0 atom stereocenters. The van der Waals surface area contributed by atoms with Gasteiger partial charge in [0, 0.05) is 6.20 Å². The quantitative estimate of drug-likeness (QED) is 0.454. The average molecular weight is 249 g/mol. The van der Waals surface area contributed by atoms with Gasteiger partial charge >= 0.3 is 0 Å². The summed E-state index contributed by atoms with van der Waals surface area (Å²) in [5, 5.41) is 17.1.